The largest absolute Gasteiger partial charge is 0.408 e. The molecule has 3 N–H and O–H groups in total. The van der Waals surface area contributed by atoms with Gasteiger partial charge in [-0.3, -0.25) is 10.2 Å². The summed E-state index contributed by atoms with van der Waals surface area (Å²) >= 11 is 20.5. The van der Waals surface area contributed by atoms with Gasteiger partial charge in [-0.25, -0.2) is 9.80 Å². The van der Waals surface area contributed by atoms with E-state index in [2.05, 4.69) is 15.9 Å². The molecule has 0 aliphatic rings. The van der Waals surface area contributed by atoms with E-state index in [-0.39, 0.29) is 41.2 Å². The number of primary amides is 1. The number of carbonyl (C=O) groups is 2. The number of nitrogens with one attached hydrogen (secondary N) is 1. The van der Waals surface area contributed by atoms with Gasteiger partial charge in [-0.05, 0) is 51.3 Å². The maximum absolute atomic E-state index is 13.7. The van der Waals surface area contributed by atoms with Crippen LogP contribution in [0, 0.1) is 0 Å². The minimum Gasteiger partial charge on any atom is -0.350 e. The van der Waals surface area contributed by atoms with Crippen LogP contribution in [0.1, 0.15) is 27.4 Å². The molecule has 1 atom stereocenters. The molecule has 0 saturated heterocycles. The lowest BCUT2D eigenvalue weighted by Crippen LogP contribution is -2.52. The number of hydrazine groups is 1. The van der Waals surface area contributed by atoms with Crippen LogP contribution in [-0.2, 0) is 0 Å². The summed E-state index contributed by atoms with van der Waals surface area (Å²) in [6.07, 6.45) is -7.61. The van der Waals surface area contributed by atoms with E-state index in [9.17, 15) is 35.9 Å². The lowest BCUT2D eigenvalue weighted by Gasteiger charge is -2.22. The average molecular weight is 628 g/mol. The van der Waals surface area contributed by atoms with Crippen LogP contribution in [0.4, 0.5) is 31.1 Å². The molecule has 0 aromatic heterocycles. The molecular weight excluding hydrogens is 614 g/mol. The van der Waals surface area contributed by atoms with E-state index in [1.54, 1.807) is 5.43 Å². The highest BCUT2D eigenvalue weighted by Gasteiger charge is 2.39. The Kier molecular flexibility index (Phi) is 9.37. The fourth-order valence-electron chi connectivity index (χ4n) is 2.73. The highest BCUT2D eigenvalue weighted by atomic mass is 79.9. The number of hydrogen-bond donors (Lipinski definition) is 2. The molecule has 0 heterocycles. The van der Waals surface area contributed by atoms with E-state index >= 15 is 0 Å². The summed E-state index contributed by atoms with van der Waals surface area (Å²) in [6, 6.07) is 4.14. The predicted octanol–water partition coefficient (Wildman–Crippen LogP) is 7.36. The first-order valence-corrected chi connectivity index (χ1v) is 11.1. The Bertz CT molecular complexity index is 1130. The second kappa shape index (κ2) is 11.3. The number of halogens is 10. The SMILES string of the molecule is NC(=O)N(CC(F)(F)F)NC(=O)c1ccc(/C=C/C(c2cc(Cl)c(Cl)c(Cl)c2)C(F)(F)F)cc1Br. The lowest BCUT2D eigenvalue weighted by atomic mass is 9.97. The highest BCUT2D eigenvalue weighted by molar-refractivity contribution is 9.10. The number of rotatable bonds is 5. The van der Waals surface area contributed by atoms with E-state index in [0.29, 0.717) is 0 Å². The van der Waals surface area contributed by atoms with Crippen molar-refractivity contribution in [2.45, 2.75) is 18.3 Å². The number of benzene rings is 2. The Morgan fingerprint density at radius 3 is 2.09 bits per heavy atom. The number of carbonyl (C=O) groups excluding carboxylic acids is 2. The number of nitrogens with zero attached hydrogens (tertiary/aromatic N) is 1. The number of hydrogen-bond acceptors (Lipinski definition) is 2. The van der Waals surface area contributed by atoms with Crippen molar-refractivity contribution in [3.05, 3.63) is 72.6 Å². The van der Waals surface area contributed by atoms with Gasteiger partial charge in [0.1, 0.15) is 6.54 Å². The van der Waals surface area contributed by atoms with Crippen LogP contribution in [0.25, 0.3) is 6.08 Å². The zero-order chi connectivity index (χ0) is 26.7. The summed E-state index contributed by atoms with van der Waals surface area (Å²) in [5, 5.41) is -0.542. The standard InChI is InChI=1S/C20H13BrCl3F6N3O2/c21-13-5-9(1-3-11(13)17(34)32-33(18(31)35)8-19(25,26)27)2-4-12(20(28,29)30)10-6-14(22)16(24)15(23)7-10/h1-7,12H,8H2,(H2,31,35)(H,32,34)/b4-2+. The molecule has 0 aliphatic carbocycles. The molecule has 35 heavy (non-hydrogen) atoms. The minimum atomic E-state index is -4.83. The highest BCUT2D eigenvalue weighted by Crippen LogP contribution is 2.41. The molecule has 0 radical (unpaired) electrons. The van der Waals surface area contributed by atoms with Gasteiger partial charge in [0.15, 0.2) is 0 Å². The van der Waals surface area contributed by atoms with Crippen LogP contribution in [0.5, 0.6) is 0 Å². The molecule has 1 unspecified atom stereocenters. The van der Waals surface area contributed by atoms with Gasteiger partial charge >= 0.3 is 18.4 Å². The smallest absolute Gasteiger partial charge is 0.350 e. The molecule has 0 saturated carbocycles. The van der Waals surface area contributed by atoms with E-state index in [0.717, 1.165) is 30.4 Å². The first-order chi connectivity index (χ1) is 16.0. The molecule has 0 bridgehead atoms. The third-order valence-electron chi connectivity index (χ3n) is 4.28. The fraction of sp³-hybridized carbons (Fsp3) is 0.200. The summed E-state index contributed by atoms with van der Waals surface area (Å²) < 4.78 is 78.7. The van der Waals surface area contributed by atoms with Crippen molar-refractivity contribution >= 4 is 68.7 Å². The topological polar surface area (TPSA) is 75.4 Å². The Hall–Kier alpha value is -2.15. The third-order valence-corrected chi connectivity index (χ3v) is 6.13. The van der Waals surface area contributed by atoms with Crippen molar-refractivity contribution in [3.63, 3.8) is 0 Å². The van der Waals surface area contributed by atoms with Gasteiger partial charge < -0.3 is 5.73 Å². The molecule has 0 spiro atoms. The van der Waals surface area contributed by atoms with Crippen LogP contribution in [0.2, 0.25) is 15.1 Å². The Labute approximate surface area is 217 Å². The van der Waals surface area contributed by atoms with Gasteiger partial charge in [0, 0.05) is 4.47 Å². The zero-order valence-electron chi connectivity index (χ0n) is 16.9. The molecule has 15 heteroatoms. The second-order valence-electron chi connectivity index (χ2n) is 6.90. The van der Waals surface area contributed by atoms with E-state index in [1.807, 2.05) is 0 Å². The Morgan fingerprint density at radius 1 is 1.06 bits per heavy atom. The Morgan fingerprint density at radius 2 is 1.63 bits per heavy atom. The Balaban J connectivity index is 2.30. The van der Waals surface area contributed by atoms with Gasteiger partial charge in [0.25, 0.3) is 5.91 Å². The fourth-order valence-corrected chi connectivity index (χ4v) is 3.91. The average Bonchev–Trinajstić information content (AvgIpc) is 2.69. The summed E-state index contributed by atoms with van der Waals surface area (Å²) in [5.74, 6) is -3.22. The van der Waals surface area contributed by atoms with Crippen molar-refractivity contribution < 1.29 is 35.9 Å². The van der Waals surface area contributed by atoms with Gasteiger partial charge in [-0.1, -0.05) is 53.0 Å². The summed E-state index contributed by atoms with van der Waals surface area (Å²) in [4.78, 5) is 23.5. The van der Waals surface area contributed by atoms with Gasteiger partial charge in [-0.2, -0.15) is 26.3 Å². The molecule has 0 fully saturated rings. The number of alkyl halides is 6. The van der Waals surface area contributed by atoms with Crippen LogP contribution >= 0.6 is 50.7 Å². The van der Waals surface area contributed by atoms with Crippen molar-refractivity contribution in [2.24, 2.45) is 5.73 Å². The normalized spacial score (nSPS) is 13.1. The van der Waals surface area contributed by atoms with Crippen molar-refractivity contribution in [1.29, 1.82) is 0 Å². The summed E-state index contributed by atoms with van der Waals surface area (Å²) in [5.41, 5.74) is 6.30. The molecule has 2 rings (SSSR count). The van der Waals surface area contributed by atoms with Crippen LogP contribution in [0.3, 0.4) is 0 Å². The van der Waals surface area contributed by atoms with Crippen molar-refractivity contribution in [1.82, 2.24) is 10.4 Å². The second-order valence-corrected chi connectivity index (χ2v) is 8.94. The third kappa shape index (κ3) is 8.19. The number of amides is 3. The van der Waals surface area contributed by atoms with Crippen molar-refractivity contribution in [2.75, 3.05) is 6.54 Å². The first-order valence-electron chi connectivity index (χ1n) is 9.13. The van der Waals surface area contributed by atoms with Crippen LogP contribution in [-0.4, -0.2) is 35.8 Å². The summed E-state index contributed by atoms with van der Waals surface area (Å²) in [6.45, 7) is -1.83. The summed E-state index contributed by atoms with van der Waals surface area (Å²) in [7, 11) is 0. The van der Waals surface area contributed by atoms with Crippen LogP contribution in [0.15, 0.2) is 40.9 Å². The zero-order valence-corrected chi connectivity index (χ0v) is 20.8. The maximum Gasteiger partial charge on any atom is 0.408 e. The van der Waals surface area contributed by atoms with Gasteiger partial charge in [0.2, 0.25) is 0 Å². The van der Waals surface area contributed by atoms with E-state index in [1.165, 1.54) is 12.1 Å². The quantitative estimate of drug-likeness (QED) is 0.207. The van der Waals surface area contributed by atoms with Gasteiger partial charge in [0.05, 0.1) is 26.5 Å². The number of nitrogens with two attached hydrogens (primary N) is 1. The monoisotopic (exact) mass is 625 g/mol. The molecular formula is C20H13BrCl3F6N3O2. The first kappa shape index (κ1) is 29.1. The van der Waals surface area contributed by atoms with E-state index < -0.39 is 36.8 Å². The molecule has 2 aromatic carbocycles. The molecule has 3 amide bonds. The van der Waals surface area contributed by atoms with E-state index in [4.69, 9.17) is 40.5 Å². The molecule has 0 aliphatic heterocycles. The van der Waals surface area contributed by atoms with Crippen LogP contribution < -0.4 is 11.2 Å². The molecule has 190 valence electrons. The maximum atomic E-state index is 13.7. The van der Waals surface area contributed by atoms with Gasteiger partial charge in [-0.15, -0.1) is 0 Å². The van der Waals surface area contributed by atoms with Crippen molar-refractivity contribution in [3.8, 4) is 0 Å². The predicted molar refractivity (Wildman–Crippen MR) is 123 cm³/mol. The number of allylic oxidation sites excluding steroid dienone is 1. The molecule has 2 aromatic rings. The molecule has 5 nitrogen and oxygen atoms in total. The minimum absolute atomic E-state index is 0.0229. The lowest BCUT2D eigenvalue weighted by molar-refractivity contribution is -0.143. The number of urea groups is 1.